The average molecular weight is 208 g/mol. The van der Waals surface area contributed by atoms with E-state index in [9.17, 15) is 0 Å². The molecule has 0 bridgehead atoms. The molecule has 1 aliphatic carbocycles. The van der Waals surface area contributed by atoms with Gasteiger partial charge >= 0.3 is 0 Å². The molecule has 0 spiro atoms. The van der Waals surface area contributed by atoms with Crippen LogP contribution < -0.4 is 0 Å². The number of alkyl halides is 1. The lowest BCUT2D eigenvalue weighted by molar-refractivity contribution is 0.610. The van der Waals surface area contributed by atoms with Gasteiger partial charge in [0.15, 0.2) is 0 Å². The molecule has 0 amide bonds. The van der Waals surface area contributed by atoms with Gasteiger partial charge in [-0.1, -0.05) is 5.21 Å². The molecule has 1 fully saturated rings. The molecule has 68 valence electrons. The Balaban J connectivity index is 0.000000720. The van der Waals surface area contributed by atoms with Crippen LogP contribution in [-0.2, 0) is 6.42 Å². The Bertz CT molecular complexity index is 245. The van der Waals surface area contributed by atoms with Gasteiger partial charge in [0, 0.05) is 18.5 Å². The van der Waals surface area contributed by atoms with Crippen LogP contribution in [0.4, 0.5) is 0 Å². The lowest BCUT2D eigenvalue weighted by Crippen LogP contribution is -1.93. The summed E-state index contributed by atoms with van der Waals surface area (Å²) in [5, 5.41) is 8.00. The van der Waals surface area contributed by atoms with Gasteiger partial charge in [-0.2, -0.15) is 0 Å². The summed E-state index contributed by atoms with van der Waals surface area (Å²) in [7, 11) is 0. The maximum absolute atomic E-state index is 5.56. The molecule has 12 heavy (non-hydrogen) atoms. The largest absolute Gasteiger partial charge is 0.249 e. The van der Waals surface area contributed by atoms with E-state index in [4.69, 9.17) is 11.6 Å². The van der Waals surface area contributed by atoms with Crippen molar-refractivity contribution >= 4 is 24.0 Å². The van der Waals surface area contributed by atoms with E-state index in [1.165, 1.54) is 12.8 Å². The third kappa shape index (κ3) is 2.11. The fourth-order valence-electron chi connectivity index (χ4n) is 1.04. The van der Waals surface area contributed by atoms with E-state index in [0.29, 0.717) is 11.9 Å². The summed E-state index contributed by atoms with van der Waals surface area (Å²) in [4.78, 5) is 0. The lowest BCUT2D eigenvalue weighted by Gasteiger charge is -1.90. The van der Waals surface area contributed by atoms with Gasteiger partial charge in [0.25, 0.3) is 0 Å². The standard InChI is InChI=1S/C7H10ClN3.ClH/c8-4-3-6-5-11(10-9-6)7-1-2-7;/h5,7H,1-4H2;1H. The summed E-state index contributed by atoms with van der Waals surface area (Å²) in [6.45, 7) is 0. The minimum atomic E-state index is 0. The normalized spacial score (nSPS) is 15.8. The van der Waals surface area contributed by atoms with Crippen molar-refractivity contribution in [2.24, 2.45) is 0 Å². The molecule has 0 radical (unpaired) electrons. The van der Waals surface area contributed by atoms with Gasteiger partial charge in [0.1, 0.15) is 0 Å². The van der Waals surface area contributed by atoms with E-state index < -0.39 is 0 Å². The second-order valence-electron chi connectivity index (χ2n) is 2.86. The molecule has 0 aliphatic heterocycles. The third-order valence-electron chi connectivity index (χ3n) is 1.83. The average Bonchev–Trinajstić information content (AvgIpc) is 2.75. The molecule has 0 atom stereocenters. The molecule has 1 aromatic heterocycles. The summed E-state index contributed by atoms with van der Waals surface area (Å²) in [5.74, 6) is 0.628. The first kappa shape index (κ1) is 9.81. The summed E-state index contributed by atoms with van der Waals surface area (Å²) in [6.07, 6.45) is 5.33. The van der Waals surface area contributed by atoms with Crippen molar-refractivity contribution in [3.8, 4) is 0 Å². The fraction of sp³-hybridized carbons (Fsp3) is 0.714. The summed E-state index contributed by atoms with van der Waals surface area (Å²) >= 11 is 5.56. The number of rotatable bonds is 3. The van der Waals surface area contributed by atoms with Crippen molar-refractivity contribution in [1.82, 2.24) is 15.0 Å². The molecule has 0 N–H and O–H groups in total. The molecule has 5 heteroatoms. The molecular weight excluding hydrogens is 197 g/mol. The first-order chi connectivity index (χ1) is 5.40. The van der Waals surface area contributed by atoms with Gasteiger partial charge in [-0.05, 0) is 12.8 Å². The maximum atomic E-state index is 5.56. The Labute approximate surface area is 82.5 Å². The Hall–Kier alpha value is -0.280. The Kier molecular flexibility index (Phi) is 3.35. The molecule has 1 aromatic rings. The Morgan fingerprint density at radius 3 is 2.92 bits per heavy atom. The van der Waals surface area contributed by atoms with E-state index in [0.717, 1.165) is 12.1 Å². The SMILES string of the molecule is Cl.ClCCc1cn(C2CC2)nn1. The van der Waals surface area contributed by atoms with Gasteiger partial charge in [-0.15, -0.1) is 29.1 Å². The first-order valence-electron chi connectivity index (χ1n) is 3.87. The van der Waals surface area contributed by atoms with E-state index in [1.807, 2.05) is 10.9 Å². The molecule has 0 unspecified atom stereocenters. The first-order valence-corrected chi connectivity index (χ1v) is 4.40. The van der Waals surface area contributed by atoms with Crippen molar-refractivity contribution in [3.63, 3.8) is 0 Å². The topological polar surface area (TPSA) is 30.7 Å². The zero-order valence-corrected chi connectivity index (χ0v) is 8.18. The van der Waals surface area contributed by atoms with Crippen LogP contribution in [0.15, 0.2) is 6.20 Å². The zero-order chi connectivity index (χ0) is 7.68. The molecule has 2 rings (SSSR count). The van der Waals surface area contributed by atoms with Crippen LogP contribution in [0, 0.1) is 0 Å². The van der Waals surface area contributed by atoms with Crippen molar-refractivity contribution in [2.45, 2.75) is 25.3 Å². The molecule has 0 saturated heterocycles. The third-order valence-corrected chi connectivity index (χ3v) is 2.02. The second kappa shape index (κ2) is 4.10. The van der Waals surface area contributed by atoms with Gasteiger partial charge in [0.2, 0.25) is 0 Å². The highest BCUT2D eigenvalue weighted by atomic mass is 35.5. The van der Waals surface area contributed by atoms with E-state index in [2.05, 4.69) is 10.3 Å². The highest BCUT2D eigenvalue weighted by Gasteiger charge is 2.24. The summed E-state index contributed by atoms with van der Waals surface area (Å²) < 4.78 is 1.95. The highest BCUT2D eigenvalue weighted by Crippen LogP contribution is 2.33. The number of hydrogen-bond acceptors (Lipinski definition) is 2. The van der Waals surface area contributed by atoms with Crippen LogP contribution in [0.5, 0.6) is 0 Å². The predicted octanol–water partition coefficient (Wildman–Crippen LogP) is 1.82. The predicted molar refractivity (Wildman–Crippen MR) is 50.0 cm³/mol. The van der Waals surface area contributed by atoms with Crippen LogP contribution in [0.3, 0.4) is 0 Å². The molecule has 0 aromatic carbocycles. The van der Waals surface area contributed by atoms with E-state index in [1.54, 1.807) is 0 Å². The van der Waals surface area contributed by atoms with Crippen LogP contribution in [0.2, 0.25) is 0 Å². The molecule has 1 saturated carbocycles. The Morgan fingerprint density at radius 1 is 1.58 bits per heavy atom. The van der Waals surface area contributed by atoms with Crippen molar-refractivity contribution in [2.75, 3.05) is 5.88 Å². The molecular formula is C7H11Cl2N3. The lowest BCUT2D eigenvalue weighted by atomic mass is 10.4. The minimum Gasteiger partial charge on any atom is -0.249 e. The number of aryl methyl sites for hydroxylation is 1. The number of halogens is 2. The van der Waals surface area contributed by atoms with Crippen molar-refractivity contribution in [1.29, 1.82) is 0 Å². The van der Waals surface area contributed by atoms with Crippen LogP contribution >= 0.6 is 24.0 Å². The maximum Gasteiger partial charge on any atom is 0.0839 e. The van der Waals surface area contributed by atoms with E-state index in [-0.39, 0.29) is 12.4 Å². The molecule has 1 aliphatic rings. The monoisotopic (exact) mass is 207 g/mol. The molecule has 1 heterocycles. The van der Waals surface area contributed by atoms with Crippen molar-refractivity contribution in [3.05, 3.63) is 11.9 Å². The number of nitrogens with zero attached hydrogens (tertiary/aromatic N) is 3. The smallest absolute Gasteiger partial charge is 0.0839 e. The van der Waals surface area contributed by atoms with Crippen molar-refractivity contribution < 1.29 is 0 Å². The second-order valence-corrected chi connectivity index (χ2v) is 3.24. The van der Waals surface area contributed by atoms with E-state index >= 15 is 0 Å². The number of hydrogen-bond donors (Lipinski definition) is 0. The minimum absolute atomic E-state index is 0. The molecule has 3 nitrogen and oxygen atoms in total. The van der Waals surface area contributed by atoms with Crippen LogP contribution in [0.1, 0.15) is 24.6 Å². The fourth-order valence-corrected chi connectivity index (χ4v) is 1.24. The van der Waals surface area contributed by atoms with Gasteiger partial charge in [-0.25, -0.2) is 4.68 Å². The summed E-state index contributed by atoms with van der Waals surface area (Å²) in [6, 6.07) is 0.631. The van der Waals surface area contributed by atoms with Crippen LogP contribution in [-0.4, -0.2) is 20.9 Å². The number of aromatic nitrogens is 3. The van der Waals surface area contributed by atoms with Crippen LogP contribution in [0.25, 0.3) is 0 Å². The zero-order valence-electron chi connectivity index (χ0n) is 6.61. The van der Waals surface area contributed by atoms with Gasteiger partial charge < -0.3 is 0 Å². The quantitative estimate of drug-likeness (QED) is 0.709. The van der Waals surface area contributed by atoms with Gasteiger partial charge in [-0.3, -0.25) is 0 Å². The Morgan fingerprint density at radius 2 is 2.33 bits per heavy atom. The van der Waals surface area contributed by atoms with Gasteiger partial charge in [0.05, 0.1) is 11.7 Å². The highest BCUT2D eigenvalue weighted by molar-refractivity contribution is 6.17. The summed E-state index contributed by atoms with van der Waals surface area (Å²) in [5.41, 5.74) is 1.01.